The third kappa shape index (κ3) is 4.64. The summed E-state index contributed by atoms with van der Waals surface area (Å²) in [6.45, 7) is 8.41. The van der Waals surface area contributed by atoms with Crippen molar-refractivity contribution >= 4 is 17.4 Å². The lowest BCUT2D eigenvalue weighted by Gasteiger charge is -2.26. The first-order valence-corrected chi connectivity index (χ1v) is 12.5. The highest BCUT2D eigenvalue weighted by molar-refractivity contribution is 6.46. The van der Waals surface area contributed by atoms with Crippen molar-refractivity contribution in [3.8, 4) is 5.75 Å². The summed E-state index contributed by atoms with van der Waals surface area (Å²) in [6.07, 6.45) is 0.738. The fourth-order valence-corrected chi connectivity index (χ4v) is 5.07. The number of carbonyl (C=O) groups excluding carboxylic acids is 2. The SMILES string of the molecule is CC1Cc2cc(/C(O)=C3/C(=O)C(=O)N(Cc4ccc(F)cc4)C3c3ccc(C(C)(C)C)cc3)ccc2O1. The van der Waals surface area contributed by atoms with E-state index in [-0.39, 0.29) is 35.2 Å². The van der Waals surface area contributed by atoms with Crippen molar-refractivity contribution in [2.45, 2.75) is 58.2 Å². The van der Waals surface area contributed by atoms with Gasteiger partial charge in [0.1, 0.15) is 23.4 Å². The van der Waals surface area contributed by atoms with Crippen LogP contribution >= 0.6 is 0 Å². The quantitative estimate of drug-likeness (QED) is 0.269. The average Bonchev–Trinajstić information content (AvgIpc) is 3.35. The predicted octanol–water partition coefficient (Wildman–Crippen LogP) is 6.07. The fourth-order valence-electron chi connectivity index (χ4n) is 5.07. The van der Waals surface area contributed by atoms with Gasteiger partial charge in [-0.1, -0.05) is 57.2 Å². The van der Waals surface area contributed by atoms with Crippen LogP contribution in [0.15, 0.2) is 72.3 Å². The molecule has 1 N–H and O–H groups in total. The van der Waals surface area contributed by atoms with E-state index in [2.05, 4.69) is 20.8 Å². The highest BCUT2D eigenvalue weighted by Gasteiger charge is 2.46. The molecule has 37 heavy (non-hydrogen) atoms. The number of likely N-dealkylation sites (tertiary alicyclic amines) is 1. The number of fused-ring (bicyclic) bond motifs is 1. The molecule has 2 aliphatic rings. The number of ether oxygens (including phenoxy) is 1. The van der Waals surface area contributed by atoms with E-state index in [0.717, 1.165) is 16.9 Å². The van der Waals surface area contributed by atoms with Crippen LogP contribution in [-0.4, -0.2) is 27.8 Å². The zero-order valence-electron chi connectivity index (χ0n) is 21.4. The maximum atomic E-state index is 13.5. The molecule has 2 unspecified atom stereocenters. The number of aliphatic hydroxyl groups is 1. The number of amides is 1. The third-order valence-corrected chi connectivity index (χ3v) is 7.07. The summed E-state index contributed by atoms with van der Waals surface area (Å²) in [6, 6.07) is 18.1. The second kappa shape index (κ2) is 9.18. The van der Waals surface area contributed by atoms with E-state index in [9.17, 15) is 19.1 Å². The number of Topliss-reactive ketones (excluding diaryl/α,β-unsaturated/α-hetero) is 1. The van der Waals surface area contributed by atoms with Gasteiger partial charge in [0.25, 0.3) is 11.7 Å². The Morgan fingerprint density at radius 3 is 2.35 bits per heavy atom. The van der Waals surface area contributed by atoms with E-state index in [1.165, 1.54) is 17.0 Å². The van der Waals surface area contributed by atoms with Gasteiger partial charge in [-0.05, 0) is 64.9 Å². The number of nitrogens with zero attached hydrogens (tertiary/aromatic N) is 1. The number of benzene rings is 3. The van der Waals surface area contributed by atoms with E-state index in [1.54, 1.807) is 24.3 Å². The van der Waals surface area contributed by atoms with Gasteiger partial charge >= 0.3 is 0 Å². The molecule has 3 aromatic rings. The first-order chi connectivity index (χ1) is 17.5. The van der Waals surface area contributed by atoms with Crippen LogP contribution in [-0.2, 0) is 28.0 Å². The summed E-state index contributed by atoms with van der Waals surface area (Å²) in [5, 5.41) is 11.4. The van der Waals surface area contributed by atoms with Gasteiger partial charge in [-0.15, -0.1) is 0 Å². The Labute approximate surface area is 216 Å². The smallest absolute Gasteiger partial charge is 0.295 e. The molecule has 2 aliphatic heterocycles. The Balaban J connectivity index is 1.62. The number of rotatable bonds is 4. The standard InChI is InChI=1S/C31H30FNO4/c1-18-15-22-16-21(9-14-25(22)37-18)28(34)26-27(20-7-10-23(11-8-20)31(2,3)4)33(30(36)29(26)35)17-19-5-12-24(32)13-6-19/h5-14,16,18,27,34H,15,17H2,1-4H3/b28-26-. The molecule has 0 radical (unpaired) electrons. The van der Waals surface area contributed by atoms with Crippen LogP contribution in [0.5, 0.6) is 5.75 Å². The van der Waals surface area contributed by atoms with Gasteiger partial charge in [-0.25, -0.2) is 4.39 Å². The van der Waals surface area contributed by atoms with E-state index >= 15 is 0 Å². The molecule has 3 aromatic carbocycles. The second-order valence-electron chi connectivity index (χ2n) is 10.9. The number of hydrogen-bond acceptors (Lipinski definition) is 4. The van der Waals surface area contributed by atoms with Gasteiger partial charge in [-0.2, -0.15) is 0 Å². The highest BCUT2D eigenvalue weighted by Crippen LogP contribution is 2.42. The monoisotopic (exact) mass is 499 g/mol. The summed E-state index contributed by atoms with van der Waals surface area (Å²) in [5.74, 6) is -1.28. The summed E-state index contributed by atoms with van der Waals surface area (Å²) < 4.78 is 19.3. The number of hydrogen-bond donors (Lipinski definition) is 1. The van der Waals surface area contributed by atoms with Gasteiger partial charge in [0.2, 0.25) is 0 Å². The molecule has 0 spiro atoms. The maximum absolute atomic E-state index is 13.5. The largest absolute Gasteiger partial charge is 0.507 e. The zero-order valence-corrected chi connectivity index (χ0v) is 21.4. The Morgan fingerprint density at radius 2 is 1.70 bits per heavy atom. The number of carbonyl (C=O) groups is 2. The van der Waals surface area contributed by atoms with Gasteiger partial charge in [0.15, 0.2) is 0 Å². The topological polar surface area (TPSA) is 66.8 Å². The molecule has 0 saturated carbocycles. The van der Waals surface area contributed by atoms with Crippen LogP contribution in [0.1, 0.15) is 61.6 Å². The minimum atomic E-state index is -0.789. The molecule has 190 valence electrons. The molecule has 1 fully saturated rings. The van der Waals surface area contributed by atoms with Gasteiger partial charge in [-0.3, -0.25) is 9.59 Å². The average molecular weight is 500 g/mol. The first kappa shape index (κ1) is 24.8. The molecule has 2 atom stereocenters. The number of halogens is 1. The van der Waals surface area contributed by atoms with E-state index in [0.29, 0.717) is 23.1 Å². The van der Waals surface area contributed by atoms with Crippen molar-refractivity contribution in [3.63, 3.8) is 0 Å². The molecule has 0 aromatic heterocycles. The van der Waals surface area contributed by atoms with Crippen LogP contribution in [0.25, 0.3) is 5.76 Å². The van der Waals surface area contributed by atoms with Gasteiger partial charge < -0.3 is 14.7 Å². The molecule has 1 saturated heterocycles. The Morgan fingerprint density at radius 1 is 1.03 bits per heavy atom. The molecule has 5 rings (SSSR count). The highest BCUT2D eigenvalue weighted by atomic mass is 19.1. The Kier molecular flexibility index (Phi) is 6.14. The summed E-state index contributed by atoms with van der Waals surface area (Å²) in [5.41, 5.74) is 3.90. The molecule has 6 heteroatoms. The number of ketones is 1. The zero-order chi connectivity index (χ0) is 26.5. The Bertz CT molecular complexity index is 1400. The lowest BCUT2D eigenvalue weighted by molar-refractivity contribution is -0.140. The van der Waals surface area contributed by atoms with Crippen LogP contribution in [0.4, 0.5) is 4.39 Å². The van der Waals surface area contributed by atoms with Crippen LogP contribution in [0.3, 0.4) is 0 Å². The summed E-state index contributed by atoms with van der Waals surface area (Å²) in [7, 11) is 0. The molecular formula is C31H30FNO4. The molecular weight excluding hydrogens is 469 g/mol. The van der Waals surface area contributed by atoms with Crippen molar-refractivity contribution in [2.75, 3.05) is 0 Å². The maximum Gasteiger partial charge on any atom is 0.295 e. The van der Waals surface area contributed by atoms with Crippen LogP contribution < -0.4 is 4.74 Å². The van der Waals surface area contributed by atoms with Gasteiger partial charge in [0, 0.05) is 18.5 Å². The lowest BCUT2D eigenvalue weighted by Crippen LogP contribution is -2.29. The minimum Gasteiger partial charge on any atom is -0.507 e. The molecule has 5 nitrogen and oxygen atoms in total. The third-order valence-electron chi connectivity index (χ3n) is 7.07. The van der Waals surface area contributed by atoms with Crippen molar-refractivity contribution in [2.24, 2.45) is 0 Å². The predicted molar refractivity (Wildman–Crippen MR) is 140 cm³/mol. The van der Waals surface area contributed by atoms with Crippen LogP contribution in [0, 0.1) is 5.82 Å². The van der Waals surface area contributed by atoms with Crippen molar-refractivity contribution in [1.29, 1.82) is 0 Å². The van der Waals surface area contributed by atoms with Crippen LogP contribution in [0.2, 0.25) is 0 Å². The minimum absolute atomic E-state index is 0.0371. The van der Waals surface area contributed by atoms with E-state index in [4.69, 9.17) is 4.74 Å². The van der Waals surface area contributed by atoms with Crippen molar-refractivity contribution in [1.82, 2.24) is 4.90 Å². The Hall–Kier alpha value is -3.93. The second-order valence-corrected chi connectivity index (χ2v) is 10.9. The number of aliphatic hydroxyl groups excluding tert-OH is 1. The molecule has 0 aliphatic carbocycles. The normalized spacial score (nSPS) is 20.7. The molecule has 2 heterocycles. The summed E-state index contributed by atoms with van der Waals surface area (Å²) >= 11 is 0. The van der Waals surface area contributed by atoms with Crippen molar-refractivity contribution < 1.29 is 23.8 Å². The van der Waals surface area contributed by atoms with E-state index < -0.39 is 17.7 Å². The summed E-state index contributed by atoms with van der Waals surface area (Å²) in [4.78, 5) is 28.1. The van der Waals surface area contributed by atoms with Gasteiger partial charge in [0.05, 0.1) is 11.6 Å². The lowest BCUT2D eigenvalue weighted by atomic mass is 9.85. The molecule has 1 amide bonds. The van der Waals surface area contributed by atoms with Crippen molar-refractivity contribution in [3.05, 3.63) is 106 Å². The first-order valence-electron chi connectivity index (χ1n) is 12.5. The fraction of sp³-hybridized carbons (Fsp3) is 0.290. The van der Waals surface area contributed by atoms with E-state index in [1.807, 2.05) is 37.3 Å². The molecule has 0 bridgehead atoms.